The van der Waals surface area contributed by atoms with E-state index in [2.05, 4.69) is 34.6 Å². The molecule has 2 amide bonds. The summed E-state index contributed by atoms with van der Waals surface area (Å²) in [5.41, 5.74) is 5.30. The van der Waals surface area contributed by atoms with Gasteiger partial charge < -0.3 is 15.0 Å². The van der Waals surface area contributed by atoms with Crippen molar-refractivity contribution >= 4 is 41.4 Å². The maximum atomic E-state index is 13.1. The van der Waals surface area contributed by atoms with Gasteiger partial charge in [-0.15, -0.1) is 0 Å². The molecule has 2 N–H and O–H groups in total. The zero-order valence-corrected chi connectivity index (χ0v) is 22.0. The summed E-state index contributed by atoms with van der Waals surface area (Å²) in [6, 6.07) is 21.7. The van der Waals surface area contributed by atoms with Gasteiger partial charge in [-0.1, -0.05) is 48.0 Å². The second kappa shape index (κ2) is 13.8. The van der Waals surface area contributed by atoms with Crippen LogP contribution >= 0.6 is 11.6 Å². The van der Waals surface area contributed by atoms with Crippen molar-refractivity contribution in [3.05, 3.63) is 100 Å². The van der Waals surface area contributed by atoms with E-state index in [0.29, 0.717) is 17.9 Å². The van der Waals surface area contributed by atoms with Gasteiger partial charge in [-0.2, -0.15) is 5.10 Å². The van der Waals surface area contributed by atoms with Crippen LogP contribution in [0.15, 0.2) is 83.6 Å². The van der Waals surface area contributed by atoms with Crippen molar-refractivity contribution in [3.63, 3.8) is 0 Å². The maximum Gasteiger partial charge on any atom is 0.287 e. The lowest BCUT2D eigenvalue weighted by molar-refractivity contribution is -0.117. The molecule has 3 aromatic carbocycles. The molecule has 0 fully saturated rings. The fourth-order valence-electron chi connectivity index (χ4n) is 3.62. The highest BCUT2D eigenvalue weighted by atomic mass is 35.5. The Kier molecular flexibility index (Phi) is 10.3. The number of rotatable bonds is 11. The summed E-state index contributed by atoms with van der Waals surface area (Å²) in [6.07, 6.45) is 3.09. The molecule has 0 bridgehead atoms. The van der Waals surface area contributed by atoms with E-state index >= 15 is 0 Å². The molecular formula is C29H31ClN4O3. The fraction of sp³-hybridized carbons (Fsp3) is 0.207. The second-order valence-electron chi connectivity index (χ2n) is 7.93. The Labute approximate surface area is 222 Å². The van der Waals surface area contributed by atoms with Crippen LogP contribution in [0.2, 0.25) is 5.02 Å². The molecular weight excluding hydrogens is 488 g/mol. The lowest BCUT2D eigenvalue weighted by Gasteiger charge is -2.21. The van der Waals surface area contributed by atoms with E-state index in [9.17, 15) is 9.59 Å². The van der Waals surface area contributed by atoms with Crippen LogP contribution in [0.4, 0.5) is 5.69 Å². The molecule has 0 aliphatic carbocycles. The molecule has 192 valence electrons. The Bertz CT molecular complexity index is 1270. The molecule has 0 saturated heterocycles. The van der Waals surface area contributed by atoms with Crippen LogP contribution in [-0.2, 0) is 4.79 Å². The number of amides is 2. The number of nitrogens with one attached hydrogen (secondary N) is 2. The standard InChI is InChI=1S/C29H31ClN4O3/c1-4-34(5-2)23-17-15-21(16-18-23)19-26(32-28(35)24-12-8-9-13-25(24)30)29(36)33-31-20-22-11-7-10-14-27(22)37-6-3/h7-20H,4-6H2,1-3H3,(H,32,35)(H,33,36)/b26-19+,31-20+. The molecule has 0 heterocycles. The number of benzene rings is 3. The first-order chi connectivity index (χ1) is 18.0. The van der Waals surface area contributed by atoms with Crippen molar-refractivity contribution in [2.24, 2.45) is 5.10 Å². The fourth-order valence-corrected chi connectivity index (χ4v) is 3.85. The van der Waals surface area contributed by atoms with E-state index < -0.39 is 11.8 Å². The Balaban J connectivity index is 1.85. The molecule has 3 rings (SSSR count). The summed E-state index contributed by atoms with van der Waals surface area (Å²) in [5, 5.41) is 7.04. The predicted molar refractivity (Wildman–Crippen MR) is 150 cm³/mol. The van der Waals surface area contributed by atoms with Gasteiger partial charge in [0.2, 0.25) is 0 Å². The molecule has 3 aromatic rings. The highest BCUT2D eigenvalue weighted by molar-refractivity contribution is 6.34. The summed E-state index contributed by atoms with van der Waals surface area (Å²) >= 11 is 6.19. The van der Waals surface area contributed by atoms with Gasteiger partial charge >= 0.3 is 0 Å². The lowest BCUT2D eigenvalue weighted by atomic mass is 10.1. The third-order valence-electron chi connectivity index (χ3n) is 5.53. The van der Waals surface area contributed by atoms with Gasteiger partial charge in [0, 0.05) is 24.3 Å². The van der Waals surface area contributed by atoms with Gasteiger partial charge in [-0.05, 0) is 68.8 Å². The predicted octanol–water partition coefficient (Wildman–Crippen LogP) is 5.51. The van der Waals surface area contributed by atoms with Gasteiger partial charge in [-0.25, -0.2) is 5.43 Å². The van der Waals surface area contributed by atoms with Crippen molar-refractivity contribution < 1.29 is 14.3 Å². The smallest absolute Gasteiger partial charge is 0.287 e. The van der Waals surface area contributed by atoms with Gasteiger partial charge in [0.15, 0.2) is 0 Å². The van der Waals surface area contributed by atoms with E-state index in [-0.39, 0.29) is 16.3 Å². The van der Waals surface area contributed by atoms with Gasteiger partial charge in [0.05, 0.1) is 23.4 Å². The number of hydrogen-bond acceptors (Lipinski definition) is 5. The first-order valence-corrected chi connectivity index (χ1v) is 12.5. The van der Waals surface area contributed by atoms with Crippen molar-refractivity contribution in [2.75, 3.05) is 24.6 Å². The van der Waals surface area contributed by atoms with Gasteiger partial charge in [0.1, 0.15) is 11.4 Å². The second-order valence-corrected chi connectivity index (χ2v) is 8.33. The van der Waals surface area contributed by atoms with Gasteiger partial charge in [-0.3, -0.25) is 9.59 Å². The van der Waals surface area contributed by atoms with E-state index in [1.165, 1.54) is 6.21 Å². The van der Waals surface area contributed by atoms with E-state index in [4.69, 9.17) is 16.3 Å². The number of hydrazone groups is 1. The molecule has 0 aliphatic rings. The van der Waals surface area contributed by atoms with E-state index in [1.54, 1.807) is 30.3 Å². The highest BCUT2D eigenvalue weighted by Gasteiger charge is 2.16. The minimum absolute atomic E-state index is 0.0238. The average Bonchev–Trinajstić information content (AvgIpc) is 2.91. The third kappa shape index (κ3) is 7.69. The van der Waals surface area contributed by atoms with Crippen LogP contribution in [-0.4, -0.2) is 37.7 Å². The normalized spacial score (nSPS) is 11.3. The number of para-hydroxylation sites is 1. The largest absolute Gasteiger partial charge is 0.493 e. The molecule has 7 nitrogen and oxygen atoms in total. The van der Waals surface area contributed by atoms with Crippen LogP contribution in [0.25, 0.3) is 6.08 Å². The molecule has 37 heavy (non-hydrogen) atoms. The molecule has 8 heteroatoms. The SMILES string of the molecule is CCOc1ccccc1/C=N/NC(=O)/C(=C\c1ccc(N(CC)CC)cc1)NC(=O)c1ccccc1Cl. The number of anilines is 1. The Morgan fingerprint density at radius 3 is 2.30 bits per heavy atom. The van der Waals surface area contributed by atoms with Crippen LogP contribution in [0.3, 0.4) is 0 Å². The van der Waals surface area contributed by atoms with Crippen LogP contribution < -0.4 is 20.4 Å². The topological polar surface area (TPSA) is 83.0 Å². The quantitative estimate of drug-likeness (QED) is 0.199. The van der Waals surface area contributed by atoms with Crippen LogP contribution in [0, 0.1) is 0 Å². The molecule has 0 unspecified atom stereocenters. The lowest BCUT2D eigenvalue weighted by Crippen LogP contribution is -2.33. The number of carbonyl (C=O) groups is 2. The van der Waals surface area contributed by atoms with Crippen LogP contribution in [0.5, 0.6) is 5.75 Å². The summed E-state index contributed by atoms with van der Waals surface area (Å²) in [6.45, 7) is 8.36. The van der Waals surface area contributed by atoms with Crippen molar-refractivity contribution in [1.82, 2.24) is 10.7 Å². The first kappa shape index (κ1) is 27.5. The van der Waals surface area contributed by atoms with Crippen molar-refractivity contribution in [2.45, 2.75) is 20.8 Å². The number of carbonyl (C=O) groups excluding carboxylic acids is 2. The van der Waals surface area contributed by atoms with Gasteiger partial charge in [0.25, 0.3) is 11.8 Å². The Morgan fingerprint density at radius 2 is 1.62 bits per heavy atom. The van der Waals surface area contributed by atoms with Crippen molar-refractivity contribution in [1.29, 1.82) is 0 Å². The molecule has 0 atom stereocenters. The minimum Gasteiger partial charge on any atom is -0.493 e. The highest BCUT2D eigenvalue weighted by Crippen LogP contribution is 2.19. The molecule has 0 aromatic heterocycles. The molecule has 0 radical (unpaired) electrons. The van der Waals surface area contributed by atoms with E-state index in [1.807, 2.05) is 55.5 Å². The average molecular weight is 519 g/mol. The molecule has 0 aliphatic heterocycles. The molecule has 0 saturated carbocycles. The number of hydrogen-bond donors (Lipinski definition) is 2. The van der Waals surface area contributed by atoms with E-state index in [0.717, 1.165) is 24.3 Å². The van der Waals surface area contributed by atoms with Crippen LogP contribution in [0.1, 0.15) is 42.3 Å². The Morgan fingerprint density at radius 1 is 0.946 bits per heavy atom. The number of halogens is 1. The summed E-state index contributed by atoms with van der Waals surface area (Å²) in [5.74, 6) is -0.435. The zero-order chi connectivity index (χ0) is 26.6. The third-order valence-corrected chi connectivity index (χ3v) is 5.86. The molecule has 0 spiro atoms. The summed E-state index contributed by atoms with van der Waals surface area (Å²) in [4.78, 5) is 28.2. The summed E-state index contributed by atoms with van der Waals surface area (Å²) in [7, 11) is 0. The number of ether oxygens (including phenoxy) is 1. The number of nitrogens with zero attached hydrogens (tertiary/aromatic N) is 2. The zero-order valence-electron chi connectivity index (χ0n) is 21.2. The first-order valence-electron chi connectivity index (χ1n) is 12.1. The summed E-state index contributed by atoms with van der Waals surface area (Å²) < 4.78 is 5.59. The minimum atomic E-state index is -0.585. The van der Waals surface area contributed by atoms with Crippen molar-refractivity contribution in [3.8, 4) is 5.75 Å². The maximum absolute atomic E-state index is 13.1. The monoisotopic (exact) mass is 518 g/mol. The Hall–Kier alpha value is -4.10.